The summed E-state index contributed by atoms with van der Waals surface area (Å²) in [4.78, 5) is 23.9. The maximum atomic E-state index is 12.1. The Morgan fingerprint density at radius 2 is 2.29 bits per heavy atom. The summed E-state index contributed by atoms with van der Waals surface area (Å²) in [5.41, 5.74) is 2.00. The number of hydrogen-bond donors (Lipinski definition) is 1. The fourth-order valence-corrected chi connectivity index (χ4v) is 3.36. The first kappa shape index (κ1) is 15.0. The van der Waals surface area contributed by atoms with Gasteiger partial charge >= 0.3 is 5.91 Å². The van der Waals surface area contributed by atoms with Crippen LogP contribution in [0.5, 0.6) is 0 Å². The first-order chi connectivity index (χ1) is 11.8. The van der Waals surface area contributed by atoms with Crippen molar-refractivity contribution < 1.29 is 9.21 Å². The molecule has 0 saturated heterocycles. The Labute approximate surface area is 143 Å². The summed E-state index contributed by atoms with van der Waals surface area (Å²) < 4.78 is 5.65. The van der Waals surface area contributed by atoms with Crippen LogP contribution in [0.1, 0.15) is 32.6 Å². The van der Waals surface area contributed by atoms with Crippen molar-refractivity contribution in [2.75, 3.05) is 0 Å². The van der Waals surface area contributed by atoms with Crippen LogP contribution in [0.15, 0.2) is 46.5 Å². The van der Waals surface area contributed by atoms with Crippen LogP contribution in [0.2, 0.25) is 0 Å². The summed E-state index contributed by atoms with van der Waals surface area (Å²) >= 11 is 1.61. The molecule has 7 heteroatoms. The maximum Gasteiger partial charge on any atom is 0.307 e. The van der Waals surface area contributed by atoms with Gasteiger partial charge in [-0.15, -0.1) is 11.3 Å². The molecule has 4 rings (SSSR count). The standard InChI is InChI=1S/C17H16N4O2S/c22-16(19-8-13-4-2-6-24-13)17-20-14-10-21(11-15(14)23-17)9-12-3-1-5-18-7-12/h1-7H,8-11H2,(H,19,22). The third-order valence-electron chi connectivity index (χ3n) is 3.85. The number of pyridine rings is 1. The van der Waals surface area contributed by atoms with Crippen LogP contribution >= 0.6 is 11.3 Å². The molecule has 0 fully saturated rings. The van der Waals surface area contributed by atoms with Gasteiger partial charge in [0.25, 0.3) is 5.89 Å². The van der Waals surface area contributed by atoms with Crippen LogP contribution in [0.3, 0.4) is 0 Å². The van der Waals surface area contributed by atoms with E-state index in [1.807, 2.05) is 35.8 Å². The minimum atomic E-state index is -0.267. The minimum Gasteiger partial charge on any atom is -0.436 e. The van der Waals surface area contributed by atoms with Crippen molar-refractivity contribution in [3.8, 4) is 0 Å². The molecule has 3 aromatic heterocycles. The number of oxazole rings is 1. The third kappa shape index (κ3) is 3.22. The van der Waals surface area contributed by atoms with Gasteiger partial charge < -0.3 is 9.73 Å². The lowest BCUT2D eigenvalue weighted by Crippen LogP contribution is -2.23. The SMILES string of the molecule is O=C(NCc1cccs1)c1nc2c(o1)CN(Cc1cccnc1)C2. The quantitative estimate of drug-likeness (QED) is 0.773. The van der Waals surface area contributed by atoms with Crippen LogP contribution < -0.4 is 5.32 Å². The predicted octanol–water partition coefficient (Wildman–Crippen LogP) is 2.58. The van der Waals surface area contributed by atoms with Crippen molar-refractivity contribution in [3.05, 3.63) is 69.8 Å². The van der Waals surface area contributed by atoms with E-state index < -0.39 is 0 Å². The van der Waals surface area contributed by atoms with E-state index in [2.05, 4.69) is 20.2 Å². The lowest BCUT2D eigenvalue weighted by atomic mass is 10.3. The van der Waals surface area contributed by atoms with E-state index in [1.54, 1.807) is 17.5 Å². The monoisotopic (exact) mass is 340 g/mol. The Morgan fingerprint density at radius 3 is 3.04 bits per heavy atom. The van der Waals surface area contributed by atoms with Gasteiger partial charge in [0.2, 0.25) is 0 Å². The van der Waals surface area contributed by atoms with E-state index in [-0.39, 0.29) is 11.8 Å². The number of hydrogen-bond acceptors (Lipinski definition) is 6. The van der Waals surface area contributed by atoms with E-state index in [9.17, 15) is 4.79 Å². The second kappa shape index (κ2) is 6.54. The second-order valence-corrected chi connectivity index (χ2v) is 6.69. The molecular weight excluding hydrogens is 324 g/mol. The number of thiophene rings is 1. The van der Waals surface area contributed by atoms with Crippen molar-refractivity contribution in [3.63, 3.8) is 0 Å². The van der Waals surface area contributed by atoms with Crippen molar-refractivity contribution >= 4 is 17.2 Å². The van der Waals surface area contributed by atoms with E-state index >= 15 is 0 Å². The van der Waals surface area contributed by atoms with Gasteiger partial charge in [-0.2, -0.15) is 0 Å². The van der Waals surface area contributed by atoms with E-state index in [4.69, 9.17) is 4.42 Å². The van der Waals surface area contributed by atoms with Gasteiger partial charge in [0.1, 0.15) is 5.76 Å². The number of nitrogens with zero attached hydrogens (tertiary/aromatic N) is 3. The second-order valence-electron chi connectivity index (χ2n) is 5.66. The van der Waals surface area contributed by atoms with Gasteiger partial charge in [0.15, 0.2) is 0 Å². The van der Waals surface area contributed by atoms with Gasteiger partial charge in [0.05, 0.1) is 18.8 Å². The largest absolute Gasteiger partial charge is 0.436 e. The third-order valence-corrected chi connectivity index (χ3v) is 4.72. The van der Waals surface area contributed by atoms with Gasteiger partial charge in [-0.25, -0.2) is 4.98 Å². The number of amides is 1. The van der Waals surface area contributed by atoms with Crippen molar-refractivity contribution in [2.45, 2.75) is 26.2 Å². The van der Waals surface area contributed by atoms with E-state index in [1.165, 1.54) is 0 Å². The summed E-state index contributed by atoms with van der Waals surface area (Å²) in [6.45, 7) is 2.64. The fourth-order valence-electron chi connectivity index (χ4n) is 2.72. The molecule has 1 aliphatic heterocycles. The first-order valence-electron chi connectivity index (χ1n) is 7.68. The topological polar surface area (TPSA) is 71.3 Å². The Hall–Kier alpha value is -2.51. The zero-order valence-corrected chi connectivity index (χ0v) is 13.8. The maximum absolute atomic E-state index is 12.1. The van der Waals surface area contributed by atoms with Gasteiger partial charge in [0, 0.05) is 30.4 Å². The summed E-state index contributed by atoms with van der Waals surface area (Å²) in [5.74, 6) is 0.661. The lowest BCUT2D eigenvalue weighted by Gasteiger charge is -2.13. The number of nitrogens with one attached hydrogen (secondary N) is 1. The summed E-state index contributed by atoms with van der Waals surface area (Å²) in [6.07, 6.45) is 3.62. The molecule has 24 heavy (non-hydrogen) atoms. The van der Waals surface area contributed by atoms with Crippen LogP contribution in [0.4, 0.5) is 0 Å². The Kier molecular flexibility index (Phi) is 4.10. The van der Waals surface area contributed by atoms with Crippen molar-refractivity contribution in [1.29, 1.82) is 0 Å². The average Bonchev–Trinajstić information content (AvgIpc) is 3.29. The summed E-state index contributed by atoms with van der Waals surface area (Å²) in [5, 5.41) is 4.82. The van der Waals surface area contributed by atoms with E-state index in [0.29, 0.717) is 19.6 Å². The molecule has 0 unspecified atom stereocenters. The molecule has 0 radical (unpaired) electrons. The lowest BCUT2D eigenvalue weighted by molar-refractivity contribution is 0.0912. The highest BCUT2D eigenvalue weighted by Crippen LogP contribution is 2.24. The van der Waals surface area contributed by atoms with E-state index in [0.717, 1.165) is 28.4 Å². The van der Waals surface area contributed by atoms with Crippen LogP contribution in [0, 0.1) is 0 Å². The number of aromatic nitrogens is 2. The highest BCUT2D eigenvalue weighted by atomic mass is 32.1. The molecule has 6 nitrogen and oxygen atoms in total. The molecule has 1 N–H and O–H groups in total. The molecule has 1 amide bonds. The molecular formula is C17H16N4O2S. The molecule has 4 heterocycles. The van der Waals surface area contributed by atoms with Gasteiger partial charge in [-0.1, -0.05) is 12.1 Å². The molecule has 0 spiro atoms. The molecule has 0 bridgehead atoms. The molecule has 0 saturated carbocycles. The number of rotatable bonds is 5. The molecule has 122 valence electrons. The Bertz CT molecular complexity index is 806. The molecule has 3 aromatic rings. The molecule has 0 aromatic carbocycles. The van der Waals surface area contributed by atoms with Crippen LogP contribution in [-0.4, -0.2) is 20.8 Å². The molecule has 1 aliphatic rings. The predicted molar refractivity (Wildman–Crippen MR) is 89.2 cm³/mol. The number of carbonyl (C=O) groups is 1. The Balaban J connectivity index is 1.36. The normalized spacial score (nSPS) is 13.8. The first-order valence-corrected chi connectivity index (χ1v) is 8.56. The van der Waals surface area contributed by atoms with Crippen LogP contribution in [0.25, 0.3) is 0 Å². The highest BCUT2D eigenvalue weighted by Gasteiger charge is 2.27. The van der Waals surface area contributed by atoms with Crippen molar-refractivity contribution in [1.82, 2.24) is 20.2 Å². The number of fused-ring (bicyclic) bond motifs is 1. The minimum absolute atomic E-state index is 0.151. The Morgan fingerprint density at radius 1 is 1.33 bits per heavy atom. The summed E-state index contributed by atoms with van der Waals surface area (Å²) in [7, 11) is 0. The highest BCUT2D eigenvalue weighted by molar-refractivity contribution is 7.09. The summed E-state index contributed by atoms with van der Waals surface area (Å²) in [6, 6.07) is 7.92. The van der Waals surface area contributed by atoms with Crippen molar-refractivity contribution in [2.24, 2.45) is 0 Å². The molecule has 0 aliphatic carbocycles. The number of carbonyl (C=O) groups excluding carboxylic acids is 1. The van der Waals surface area contributed by atoms with Crippen LogP contribution in [-0.2, 0) is 26.2 Å². The van der Waals surface area contributed by atoms with Gasteiger partial charge in [-0.3, -0.25) is 14.7 Å². The zero-order chi connectivity index (χ0) is 16.4. The smallest absolute Gasteiger partial charge is 0.307 e. The fraction of sp³-hybridized carbons (Fsp3) is 0.235. The zero-order valence-electron chi connectivity index (χ0n) is 12.9. The van der Waals surface area contributed by atoms with Gasteiger partial charge in [-0.05, 0) is 23.1 Å². The average molecular weight is 340 g/mol. The molecule has 0 atom stereocenters.